The first kappa shape index (κ1) is 14.0. The number of aryl methyl sites for hydroxylation is 1. The van der Waals surface area contributed by atoms with E-state index in [2.05, 4.69) is 5.16 Å². The second-order valence-electron chi connectivity index (χ2n) is 4.40. The standard InChI is InChI=1S/C14H9ClFNO3S/c1-7-4-9(20-17-7)6-19-14(18)13-12(15)10-3-2-8(16)5-11(10)21-13/h2-5H,6H2,1H3. The molecule has 0 unspecified atom stereocenters. The topological polar surface area (TPSA) is 52.3 Å². The van der Waals surface area contributed by atoms with Crippen LogP contribution in [0, 0.1) is 12.7 Å². The van der Waals surface area contributed by atoms with Crippen LogP contribution in [0.3, 0.4) is 0 Å². The van der Waals surface area contributed by atoms with Crippen molar-refractivity contribution in [2.45, 2.75) is 13.5 Å². The van der Waals surface area contributed by atoms with Crippen LogP contribution in [0.2, 0.25) is 5.02 Å². The van der Waals surface area contributed by atoms with Crippen LogP contribution in [-0.4, -0.2) is 11.1 Å². The Hall–Kier alpha value is -1.92. The average molecular weight is 326 g/mol. The number of fused-ring (bicyclic) bond motifs is 1. The van der Waals surface area contributed by atoms with Crippen LogP contribution >= 0.6 is 22.9 Å². The number of aromatic nitrogens is 1. The van der Waals surface area contributed by atoms with Gasteiger partial charge in [0.05, 0.1) is 10.7 Å². The summed E-state index contributed by atoms with van der Waals surface area (Å²) >= 11 is 7.24. The number of hydrogen-bond donors (Lipinski definition) is 0. The summed E-state index contributed by atoms with van der Waals surface area (Å²) < 4.78 is 23.9. The fourth-order valence-electron chi connectivity index (χ4n) is 1.86. The summed E-state index contributed by atoms with van der Waals surface area (Å²) in [5.74, 6) is -0.503. The van der Waals surface area contributed by atoms with Gasteiger partial charge >= 0.3 is 5.97 Å². The molecular weight excluding hydrogens is 317 g/mol. The maximum absolute atomic E-state index is 13.2. The molecular formula is C14H9ClFNO3S. The van der Waals surface area contributed by atoms with Crippen LogP contribution < -0.4 is 0 Å². The smallest absolute Gasteiger partial charge is 0.350 e. The summed E-state index contributed by atoms with van der Waals surface area (Å²) in [5.41, 5.74) is 0.705. The maximum atomic E-state index is 13.2. The Bertz CT molecular complexity index is 827. The summed E-state index contributed by atoms with van der Waals surface area (Å²) in [7, 11) is 0. The summed E-state index contributed by atoms with van der Waals surface area (Å²) in [4.78, 5) is 12.3. The number of carbonyl (C=O) groups excluding carboxylic acids is 1. The van der Waals surface area contributed by atoms with E-state index in [1.807, 2.05) is 0 Å². The summed E-state index contributed by atoms with van der Waals surface area (Å²) in [6.07, 6.45) is 0. The largest absolute Gasteiger partial charge is 0.453 e. The molecule has 2 aromatic heterocycles. The lowest BCUT2D eigenvalue weighted by Gasteiger charge is -2.00. The maximum Gasteiger partial charge on any atom is 0.350 e. The van der Waals surface area contributed by atoms with Gasteiger partial charge in [0, 0.05) is 16.2 Å². The number of rotatable bonds is 3. The highest BCUT2D eigenvalue weighted by Gasteiger charge is 2.19. The predicted molar refractivity (Wildman–Crippen MR) is 77.2 cm³/mol. The molecule has 0 fully saturated rings. The van der Waals surface area contributed by atoms with Crippen LogP contribution in [0.5, 0.6) is 0 Å². The number of esters is 1. The van der Waals surface area contributed by atoms with Crippen molar-refractivity contribution >= 4 is 39.0 Å². The van der Waals surface area contributed by atoms with Gasteiger partial charge in [-0.25, -0.2) is 9.18 Å². The Kier molecular flexibility index (Phi) is 3.65. The third-order valence-corrected chi connectivity index (χ3v) is 4.44. The molecule has 0 aliphatic carbocycles. The number of benzene rings is 1. The van der Waals surface area contributed by atoms with Crippen molar-refractivity contribution in [3.05, 3.63) is 51.4 Å². The van der Waals surface area contributed by atoms with Crippen molar-refractivity contribution in [2.75, 3.05) is 0 Å². The molecule has 0 aliphatic rings. The van der Waals surface area contributed by atoms with E-state index in [1.165, 1.54) is 12.1 Å². The van der Waals surface area contributed by atoms with Crippen molar-refractivity contribution in [1.29, 1.82) is 0 Å². The van der Waals surface area contributed by atoms with Gasteiger partial charge in [0.25, 0.3) is 0 Å². The van der Waals surface area contributed by atoms with Gasteiger partial charge in [0.1, 0.15) is 10.7 Å². The molecule has 0 N–H and O–H groups in total. The Balaban J connectivity index is 1.82. The lowest BCUT2D eigenvalue weighted by molar-refractivity contribution is 0.0443. The molecule has 7 heteroatoms. The van der Waals surface area contributed by atoms with Gasteiger partial charge in [-0.3, -0.25) is 0 Å². The van der Waals surface area contributed by atoms with E-state index < -0.39 is 5.97 Å². The monoisotopic (exact) mass is 325 g/mol. The van der Waals surface area contributed by atoms with E-state index in [0.29, 0.717) is 21.5 Å². The third-order valence-electron chi connectivity index (χ3n) is 2.80. The molecule has 0 amide bonds. The molecule has 108 valence electrons. The van der Waals surface area contributed by atoms with Gasteiger partial charge in [-0.15, -0.1) is 11.3 Å². The van der Waals surface area contributed by atoms with Gasteiger partial charge in [-0.05, 0) is 25.1 Å². The zero-order valence-corrected chi connectivity index (χ0v) is 12.4. The highest BCUT2D eigenvalue weighted by molar-refractivity contribution is 7.21. The molecule has 0 saturated carbocycles. The predicted octanol–water partition coefficient (Wildman–Crippen LogP) is 4.35. The molecule has 2 heterocycles. The fraction of sp³-hybridized carbons (Fsp3) is 0.143. The average Bonchev–Trinajstić information content (AvgIpc) is 3.00. The summed E-state index contributed by atoms with van der Waals surface area (Å²) in [6.45, 7) is 1.74. The van der Waals surface area contributed by atoms with E-state index in [0.717, 1.165) is 11.3 Å². The lowest BCUT2D eigenvalue weighted by atomic mass is 10.2. The third kappa shape index (κ3) is 2.77. The first-order valence-corrected chi connectivity index (χ1v) is 7.21. The van der Waals surface area contributed by atoms with Crippen molar-refractivity contribution in [3.63, 3.8) is 0 Å². The van der Waals surface area contributed by atoms with Crippen molar-refractivity contribution in [1.82, 2.24) is 5.16 Å². The molecule has 1 aromatic carbocycles. The second-order valence-corrected chi connectivity index (χ2v) is 5.83. The van der Waals surface area contributed by atoms with Crippen LogP contribution in [0.1, 0.15) is 21.1 Å². The van der Waals surface area contributed by atoms with Gasteiger partial charge in [-0.2, -0.15) is 0 Å². The van der Waals surface area contributed by atoms with Crippen LogP contribution in [0.4, 0.5) is 4.39 Å². The summed E-state index contributed by atoms with van der Waals surface area (Å²) in [6, 6.07) is 5.85. The number of ether oxygens (including phenoxy) is 1. The van der Waals surface area contributed by atoms with Crippen molar-refractivity contribution in [3.8, 4) is 0 Å². The van der Waals surface area contributed by atoms with Crippen molar-refractivity contribution < 1.29 is 18.4 Å². The van der Waals surface area contributed by atoms with Gasteiger partial charge in [0.15, 0.2) is 12.4 Å². The number of carbonyl (C=O) groups is 1. The Morgan fingerprint density at radius 1 is 1.48 bits per heavy atom. The normalized spacial score (nSPS) is 11.0. The second kappa shape index (κ2) is 5.46. The molecule has 21 heavy (non-hydrogen) atoms. The molecule has 0 saturated heterocycles. The Morgan fingerprint density at radius 2 is 2.29 bits per heavy atom. The van der Waals surface area contributed by atoms with Gasteiger partial charge < -0.3 is 9.26 Å². The quantitative estimate of drug-likeness (QED) is 0.672. The Morgan fingerprint density at radius 3 is 3.00 bits per heavy atom. The molecule has 4 nitrogen and oxygen atoms in total. The fourth-order valence-corrected chi connectivity index (χ4v) is 3.28. The van der Waals surface area contributed by atoms with Crippen LogP contribution in [0.15, 0.2) is 28.8 Å². The zero-order chi connectivity index (χ0) is 15.0. The van der Waals surface area contributed by atoms with E-state index >= 15 is 0 Å². The molecule has 0 aliphatic heterocycles. The zero-order valence-electron chi connectivity index (χ0n) is 10.9. The van der Waals surface area contributed by atoms with Crippen LogP contribution in [-0.2, 0) is 11.3 Å². The van der Waals surface area contributed by atoms with Crippen LogP contribution in [0.25, 0.3) is 10.1 Å². The highest BCUT2D eigenvalue weighted by Crippen LogP contribution is 2.36. The molecule has 3 aromatic rings. The SMILES string of the molecule is Cc1cc(COC(=O)c2sc3cc(F)ccc3c2Cl)on1. The van der Waals surface area contributed by atoms with Gasteiger partial charge in [-0.1, -0.05) is 16.8 Å². The summed E-state index contributed by atoms with van der Waals surface area (Å²) in [5, 5.41) is 4.60. The number of thiophene rings is 1. The number of hydrogen-bond acceptors (Lipinski definition) is 5. The van der Waals surface area contributed by atoms with Gasteiger partial charge in [0.2, 0.25) is 0 Å². The minimum Gasteiger partial charge on any atom is -0.453 e. The Labute approximate surface area is 128 Å². The molecule has 0 atom stereocenters. The number of halogens is 2. The first-order valence-electron chi connectivity index (χ1n) is 6.01. The van der Waals surface area contributed by atoms with E-state index in [1.54, 1.807) is 19.1 Å². The minimum absolute atomic E-state index is 0.0292. The molecule has 3 rings (SSSR count). The van der Waals surface area contributed by atoms with E-state index in [4.69, 9.17) is 20.9 Å². The molecule has 0 radical (unpaired) electrons. The van der Waals surface area contributed by atoms with E-state index in [-0.39, 0.29) is 22.3 Å². The lowest BCUT2D eigenvalue weighted by Crippen LogP contribution is -2.03. The highest BCUT2D eigenvalue weighted by atomic mass is 35.5. The number of nitrogens with zero attached hydrogens (tertiary/aromatic N) is 1. The minimum atomic E-state index is -0.573. The molecule has 0 spiro atoms. The first-order chi connectivity index (χ1) is 10.0. The molecule has 0 bridgehead atoms. The van der Waals surface area contributed by atoms with E-state index in [9.17, 15) is 9.18 Å². The van der Waals surface area contributed by atoms with Crippen molar-refractivity contribution in [2.24, 2.45) is 0 Å².